The van der Waals surface area contributed by atoms with Crippen LogP contribution in [-0.4, -0.2) is 27.4 Å². The second kappa shape index (κ2) is 27.4. The van der Waals surface area contributed by atoms with Crippen molar-refractivity contribution in [2.75, 3.05) is 0 Å². The average molecular weight is 1640 g/mol. The molecule has 600 valence electrons. The molecule has 8 heterocycles. The Morgan fingerprint density at radius 3 is 0.775 bits per heavy atom. The topological polar surface area (TPSA) is 55.9 Å². The van der Waals surface area contributed by atoms with Crippen LogP contribution in [0, 0.1) is 6.92 Å². The van der Waals surface area contributed by atoms with Crippen molar-refractivity contribution in [1.29, 1.82) is 0 Å². The number of nitrogens with zero attached hydrogens (tertiary/aromatic N) is 6. The van der Waals surface area contributed by atoms with Gasteiger partial charge in [0.2, 0.25) is 0 Å². The van der Waals surface area contributed by atoms with E-state index in [9.17, 15) is 0 Å². The maximum atomic E-state index is 6.95. The first-order valence-corrected chi connectivity index (χ1v) is 44.3. The van der Waals surface area contributed by atoms with Crippen molar-refractivity contribution in [2.45, 2.75) is 6.92 Å². The molecule has 0 N–H and O–H groups in total. The molecule has 0 aliphatic heterocycles. The van der Waals surface area contributed by atoms with Gasteiger partial charge in [0.1, 0.15) is 22.3 Å². The van der Waals surface area contributed by atoms with Crippen LogP contribution in [0.3, 0.4) is 0 Å². The van der Waals surface area contributed by atoms with Crippen LogP contribution in [0.4, 0.5) is 0 Å². The number of fused-ring (bicyclic) bond motifs is 24. The molecule has 28 aromatic rings. The van der Waals surface area contributed by atoms with E-state index in [0.29, 0.717) is 0 Å². The van der Waals surface area contributed by atoms with Crippen LogP contribution in [0.15, 0.2) is 440 Å². The highest BCUT2D eigenvalue weighted by molar-refractivity contribution is 6.22. The normalized spacial score (nSPS) is 12.2. The molecule has 0 aliphatic carbocycles. The summed E-state index contributed by atoms with van der Waals surface area (Å²) in [5.74, 6) is 0. The Morgan fingerprint density at radius 1 is 0.132 bits per heavy atom. The van der Waals surface area contributed by atoms with Gasteiger partial charge in [0.05, 0.1) is 66.2 Å². The smallest absolute Gasteiger partial charge is 0.136 e. The van der Waals surface area contributed by atoms with E-state index < -0.39 is 0 Å². The zero-order chi connectivity index (χ0) is 84.4. The van der Waals surface area contributed by atoms with Crippen LogP contribution in [0.25, 0.3) is 264 Å². The van der Waals surface area contributed by atoms with Crippen LogP contribution in [0.1, 0.15) is 5.56 Å². The molecule has 28 rings (SSSR count). The summed E-state index contributed by atoms with van der Waals surface area (Å²) >= 11 is 0. The zero-order valence-electron chi connectivity index (χ0n) is 70.0. The summed E-state index contributed by atoms with van der Waals surface area (Å²) in [6.07, 6.45) is 0. The van der Waals surface area contributed by atoms with Gasteiger partial charge in [-0.1, -0.05) is 224 Å². The molecular weight excluding hydrogens is 1570 g/mol. The molecule has 0 amide bonds. The fourth-order valence-corrected chi connectivity index (χ4v) is 21.7. The summed E-state index contributed by atoms with van der Waals surface area (Å²) in [6, 6.07) is 159. The molecule has 0 radical (unpaired) electrons. The molecule has 0 unspecified atom stereocenters. The first kappa shape index (κ1) is 71.2. The summed E-state index contributed by atoms with van der Waals surface area (Å²) in [6.45, 7) is 2.20. The number of hydrogen-bond donors (Lipinski definition) is 0. The second-order valence-corrected chi connectivity index (χ2v) is 34.8. The molecule has 8 nitrogen and oxygen atoms in total. The van der Waals surface area contributed by atoms with Crippen molar-refractivity contribution < 1.29 is 8.83 Å². The molecule has 129 heavy (non-hydrogen) atoms. The molecule has 0 saturated heterocycles. The van der Waals surface area contributed by atoms with E-state index in [1.807, 2.05) is 0 Å². The van der Waals surface area contributed by atoms with E-state index >= 15 is 0 Å². The van der Waals surface area contributed by atoms with Crippen molar-refractivity contribution >= 4 is 175 Å². The molecule has 8 aromatic heterocycles. The lowest BCUT2D eigenvalue weighted by atomic mass is 9.98. The predicted octanol–water partition coefficient (Wildman–Crippen LogP) is 32.7. The molecule has 0 fully saturated rings. The molecule has 0 bridgehead atoms. The van der Waals surface area contributed by atoms with Gasteiger partial charge < -0.3 is 36.2 Å². The minimum absolute atomic E-state index is 0.851. The maximum Gasteiger partial charge on any atom is 0.136 e. The van der Waals surface area contributed by atoms with E-state index in [1.54, 1.807) is 0 Å². The predicted molar refractivity (Wildman–Crippen MR) is 539 cm³/mol. The largest absolute Gasteiger partial charge is 0.456 e. The Morgan fingerprint density at radius 2 is 0.372 bits per heavy atom. The third-order valence-electron chi connectivity index (χ3n) is 27.6. The third-order valence-corrected chi connectivity index (χ3v) is 27.6. The minimum Gasteiger partial charge on any atom is -0.456 e. The fourth-order valence-electron chi connectivity index (χ4n) is 21.7. The average Bonchev–Trinajstić information content (AvgIpc) is 1.57. The first-order valence-electron chi connectivity index (χ1n) is 44.3. The Hall–Kier alpha value is -17.2. The summed E-state index contributed by atoms with van der Waals surface area (Å²) in [5.41, 5.74) is 36.6. The lowest BCUT2D eigenvalue weighted by Crippen LogP contribution is -1.97. The van der Waals surface area contributed by atoms with Gasteiger partial charge in [-0.2, -0.15) is 0 Å². The molecule has 0 atom stereocenters. The van der Waals surface area contributed by atoms with Gasteiger partial charge in [-0.25, -0.2) is 0 Å². The molecule has 8 heteroatoms. The zero-order valence-corrected chi connectivity index (χ0v) is 70.0. The second-order valence-electron chi connectivity index (χ2n) is 34.8. The summed E-state index contributed by atoms with van der Waals surface area (Å²) in [5, 5.41) is 18.7. The lowest BCUT2D eigenvalue weighted by Gasteiger charge is -2.12. The van der Waals surface area contributed by atoms with E-state index in [4.69, 9.17) is 8.83 Å². The van der Waals surface area contributed by atoms with Crippen LogP contribution < -0.4 is 0 Å². The number of hydrogen-bond acceptors (Lipinski definition) is 2. The third kappa shape index (κ3) is 10.8. The number of furan rings is 2. The van der Waals surface area contributed by atoms with E-state index in [0.717, 1.165) is 172 Å². The van der Waals surface area contributed by atoms with Crippen LogP contribution in [0.5, 0.6) is 0 Å². The maximum absolute atomic E-state index is 6.95. The van der Waals surface area contributed by atoms with E-state index in [-0.39, 0.29) is 0 Å². The molecule has 0 saturated carbocycles. The highest BCUT2D eigenvalue weighted by Gasteiger charge is 2.25. The SMILES string of the molecule is Cc1ccc2c(c1)c1cc(-c3ccc4oc5cc6c7cc(-c8ccccc8)ccc7n(-c7ccc(-n8c9ccccc9c9ccccc98)cc7)c6cc5c4c3)ccc1n2-c1cccc(-c2ccc(-c3ccc4c(c3)c3cc5oc6ccc(-c7ccc8c(c7)c7ccccc7n8-c7ccccc7)cc6c5cc3n4-c3ccc(-n4c5ccccc5c5ccccc54)cc3)cc2)c1. The van der Waals surface area contributed by atoms with Gasteiger partial charge in [0, 0.05) is 120 Å². The Balaban J connectivity index is 0.523. The Bertz CT molecular complexity index is 9510. The quantitative estimate of drug-likeness (QED) is 0.130. The van der Waals surface area contributed by atoms with Gasteiger partial charge in [0.25, 0.3) is 0 Å². The van der Waals surface area contributed by atoms with E-state index in [2.05, 4.69) is 465 Å². The van der Waals surface area contributed by atoms with Crippen LogP contribution >= 0.6 is 0 Å². The van der Waals surface area contributed by atoms with Crippen molar-refractivity contribution in [3.63, 3.8) is 0 Å². The van der Waals surface area contributed by atoms with E-state index in [1.165, 1.54) is 98.3 Å². The summed E-state index contributed by atoms with van der Waals surface area (Å²) in [7, 11) is 0. The molecule has 20 aromatic carbocycles. The lowest BCUT2D eigenvalue weighted by molar-refractivity contribution is 0.669. The Labute approximate surface area is 738 Å². The van der Waals surface area contributed by atoms with Gasteiger partial charge in [-0.05, 0) is 275 Å². The first-order chi connectivity index (χ1) is 63.8. The Kier molecular flexibility index (Phi) is 15.1. The van der Waals surface area contributed by atoms with Crippen molar-refractivity contribution in [1.82, 2.24) is 27.4 Å². The number of para-hydroxylation sites is 6. The monoisotopic (exact) mass is 1640 g/mol. The van der Waals surface area contributed by atoms with Gasteiger partial charge in [-0.3, -0.25) is 0 Å². The van der Waals surface area contributed by atoms with Crippen LogP contribution in [-0.2, 0) is 0 Å². The molecule has 0 aliphatic rings. The van der Waals surface area contributed by atoms with Crippen molar-refractivity contribution in [2.24, 2.45) is 0 Å². The number of benzene rings is 20. The highest BCUT2D eigenvalue weighted by Crippen LogP contribution is 2.48. The summed E-state index contributed by atoms with van der Waals surface area (Å²) < 4.78 is 28.4. The highest BCUT2D eigenvalue weighted by atomic mass is 16.3. The van der Waals surface area contributed by atoms with Gasteiger partial charge in [-0.15, -0.1) is 0 Å². The number of rotatable bonds is 11. The van der Waals surface area contributed by atoms with Crippen molar-refractivity contribution in [3.8, 4) is 89.8 Å². The number of aryl methyl sites for hydroxylation is 1. The fraction of sp³-hybridized carbons (Fsp3) is 0.00826. The molecular formula is C121H74N6O2. The number of aromatic nitrogens is 6. The van der Waals surface area contributed by atoms with Gasteiger partial charge >= 0.3 is 0 Å². The van der Waals surface area contributed by atoms with Crippen LogP contribution in [0.2, 0.25) is 0 Å². The minimum atomic E-state index is 0.851. The van der Waals surface area contributed by atoms with Crippen molar-refractivity contribution in [3.05, 3.63) is 436 Å². The molecule has 0 spiro atoms. The summed E-state index contributed by atoms with van der Waals surface area (Å²) in [4.78, 5) is 0. The standard InChI is InChI=1S/C121H74N6O2/c1-73-35-54-111-95(61-73)97-66-81(83-45-60-119-103(68-83)105-69-116-100(71-120(105)129-119)98-63-78(74-19-4-2-5-20-74)40-55-113(98)125(116)87-50-46-85(47-51-87)123-106-30-13-8-25-90(106)91-26-9-14-31-107(91)123)43-58-115(97)127(111)89-24-18-21-77(62-89)75-36-38-76(39-37-75)79-41-56-114-99(64-79)101-72-121-104(70-117(101)126(114)88-52-48-86(49-53-88)124-108-32-15-10-27-92(108)93-28-11-16-33-109(93)124)102-67-82(44-59-118(102)128-121)80-42-57-112-96(65-80)94-29-12-17-34-110(94)122(112)84-22-6-3-7-23-84/h2-72H,1H3. The van der Waals surface area contributed by atoms with Gasteiger partial charge in [0.15, 0.2) is 0 Å².